The molecule has 0 unspecified atom stereocenters. The Balaban J connectivity index is 1.67. The molecule has 1 aliphatic carbocycles. The fourth-order valence-electron chi connectivity index (χ4n) is 2.93. The summed E-state index contributed by atoms with van der Waals surface area (Å²) < 4.78 is 27.3. The van der Waals surface area contributed by atoms with E-state index in [1.165, 1.54) is 0 Å². The van der Waals surface area contributed by atoms with E-state index in [1.807, 2.05) is 4.90 Å². The first-order chi connectivity index (χ1) is 9.38. The number of nitrogens with zero attached hydrogens (tertiary/aromatic N) is 3. The van der Waals surface area contributed by atoms with E-state index in [1.54, 1.807) is 11.7 Å². The van der Waals surface area contributed by atoms with Gasteiger partial charge in [-0.2, -0.15) is 5.10 Å². The van der Waals surface area contributed by atoms with E-state index in [-0.39, 0.29) is 12.1 Å². The molecule has 1 N–H and O–H groups in total. The van der Waals surface area contributed by atoms with Crippen LogP contribution in [0.2, 0.25) is 0 Å². The number of hydrogen-bond acceptors (Lipinski definition) is 3. The summed E-state index contributed by atoms with van der Waals surface area (Å²) in [5.74, 6) is -3.99. The van der Waals surface area contributed by atoms with Crippen molar-refractivity contribution in [1.29, 1.82) is 0 Å². The number of aromatic carboxylic acids is 1. The zero-order valence-corrected chi connectivity index (χ0v) is 11.3. The van der Waals surface area contributed by atoms with E-state index in [9.17, 15) is 13.6 Å². The quantitative estimate of drug-likeness (QED) is 0.911. The fourth-order valence-corrected chi connectivity index (χ4v) is 2.93. The maximum absolute atomic E-state index is 12.9. The van der Waals surface area contributed by atoms with E-state index in [0.717, 1.165) is 17.8 Å². The minimum atomic E-state index is -2.47. The van der Waals surface area contributed by atoms with E-state index < -0.39 is 17.8 Å². The van der Waals surface area contributed by atoms with Gasteiger partial charge in [0.1, 0.15) is 0 Å². The van der Waals surface area contributed by atoms with Crippen LogP contribution in [0.25, 0.3) is 0 Å². The van der Waals surface area contributed by atoms with Gasteiger partial charge in [0.05, 0.1) is 0 Å². The van der Waals surface area contributed by atoms with Crippen molar-refractivity contribution in [2.75, 3.05) is 13.1 Å². The Morgan fingerprint density at radius 2 is 2.25 bits per heavy atom. The molecule has 2 heterocycles. The van der Waals surface area contributed by atoms with Crippen molar-refractivity contribution in [3.8, 4) is 0 Å². The van der Waals surface area contributed by atoms with E-state index in [0.29, 0.717) is 25.9 Å². The van der Waals surface area contributed by atoms with Crippen molar-refractivity contribution in [3.05, 3.63) is 17.0 Å². The van der Waals surface area contributed by atoms with E-state index in [2.05, 4.69) is 5.10 Å². The van der Waals surface area contributed by atoms with Gasteiger partial charge in [-0.1, -0.05) is 0 Å². The molecule has 0 bridgehead atoms. The van der Waals surface area contributed by atoms with Gasteiger partial charge < -0.3 is 5.11 Å². The number of carboxylic acid groups (broad SMARTS) is 1. The third-order valence-corrected chi connectivity index (χ3v) is 4.27. The summed E-state index contributed by atoms with van der Waals surface area (Å²) >= 11 is 0. The van der Waals surface area contributed by atoms with Crippen LogP contribution in [0, 0.1) is 5.92 Å². The van der Waals surface area contributed by atoms with Crippen LogP contribution in [0.3, 0.4) is 0 Å². The lowest BCUT2D eigenvalue weighted by molar-refractivity contribution is 0.0687. The van der Waals surface area contributed by atoms with Crippen molar-refractivity contribution >= 4 is 5.97 Å². The van der Waals surface area contributed by atoms with E-state index >= 15 is 0 Å². The molecule has 20 heavy (non-hydrogen) atoms. The van der Waals surface area contributed by atoms with Gasteiger partial charge in [0, 0.05) is 50.2 Å². The largest absolute Gasteiger partial charge is 0.476 e. The lowest BCUT2D eigenvalue weighted by Crippen LogP contribution is -2.32. The Hall–Kier alpha value is -1.50. The van der Waals surface area contributed by atoms with Crippen LogP contribution in [0.5, 0.6) is 0 Å². The average Bonchev–Trinajstić information content (AvgIpc) is 2.85. The first-order valence-electron chi connectivity index (χ1n) is 6.76. The first kappa shape index (κ1) is 13.5. The fraction of sp³-hybridized carbons (Fsp3) is 0.692. The summed E-state index contributed by atoms with van der Waals surface area (Å²) in [5, 5.41) is 13.2. The number of fused-ring (bicyclic) bond motifs is 1. The number of halogens is 2. The molecule has 1 aliphatic heterocycles. The molecule has 3 rings (SSSR count). The minimum Gasteiger partial charge on any atom is -0.476 e. The van der Waals surface area contributed by atoms with Crippen molar-refractivity contribution in [2.24, 2.45) is 13.0 Å². The Kier molecular flexibility index (Phi) is 3.04. The van der Waals surface area contributed by atoms with Crippen molar-refractivity contribution in [3.63, 3.8) is 0 Å². The van der Waals surface area contributed by atoms with Crippen LogP contribution in [-0.2, 0) is 20.0 Å². The molecule has 110 valence electrons. The molecule has 0 aromatic carbocycles. The summed E-state index contributed by atoms with van der Waals surface area (Å²) in [6.45, 7) is 1.85. The van der Waals surface area contributed by atoms with E-state index in [4.69, 9.17) is 5.11 Å². The monoisotopic (exact) mass is 285 g/mol. The molecule has 0 spiro atoms. The van der Waals surface area contributed by atoms with Gasteiger partial charge >= 0.3 is 5.97 Å². The molecule has 2 aliphatic rings. The highest BCUT2D eigenvalue weighted by Crippen LogP contribution is 2.50. The Bertz CT molecular complexity index is 556. The molecule has 0 radical (unpaired) electrons. The number of carboxylic acids is 1. The molecule has 1 saturated carbocycles. The highest BCUT2D eigenvalue weighted by molar-refractivity contribution is 5.87. The highest BCUT2D eigenvalue weighted by atomic mass is 19.3. The van der Waals surface area contributed by atoms with Crippen molar-refractivity contribution in [1.82, 2.24) is 14.7 Å². The molecule has 0 saturated heterocycles. The van der Waals surface area contributed by atoms with Crippen LogP contribution in [0.15, 0.2) is 0 Å². The van der Waals surface area contributed by atoms with Crippen molar-refractivity contribution in [2.45, 2.75) is 31.7 Å². The Morgan fingerprint density at radius 3 is 2.85 bits per heavy atom. The van der Waals surface area contributed by atoms with Crippen LogP contribution >= 0.6 is 0 Å². The second kappa shape index (κ2) is 4.51. The van der Waals surface area contributed by atoms with Gasteiger partial charge in [-0.3, -0.25) is 9.58 Å². The molecule has 0 amide bonds. The second-order valence-electron chi connectivity index (χ2n) is 5.68. The molecular weight excluding hydrogens is 268 g/mol. The molecule has 1 fully saturated rings. The van der Waals surface area contributed by atoms with Gasteiger partial charge in [-0.05, 0) is 13.0 Å². The molecule has 1 aromatic rings. The standard InChI is InChI=1S/C13H17F2N3O2/c1-17-10-3-5-18(4-2-8-6-13(8,14)15)7-9(10)11(16-17)12(19)20/h8H,2-7H2,1H3,(H,19,20)/t8-/m0/s1. The molecule has 7 heteroatoms. The number of rotatable bonds is 4. The van der Waals surface area contributed by atoms with Crippen LogP contribution in [-0.4, -0.2) is 44.8 Å². The maximum atomic E-state index is 12.9. The second-order valence-corrected chi connectivity index (χ2v) is 5.68. The maximum Gasteiger partial charge on any atom is 0.356 e. The minimum absolute atomic E-state index is 0.000636. The van der Waals surface area contributed by atoms with Gasteiger partial charge in [0.25, 0.3) is 5.92 Å². The smallest absolute Gasteiger partial charge is 0.356 e. The Labute approximate surface area is 115 Å². The zero-order valence-electron chi connectivity index (χ0n) is 11.3. The number of carbonyl (C=O) groups is 1. The van der Waals surface area contributed by atoms with Gasteiger partial charge in [-0.15, -0.1) is 0 Å². The molecule has 1 aromatic heterocycles. The van der Waals surface area contributed by atoms with Crippen LogP contribution in [0.1, 0.15) is 34.6 Å². The van der Waals surface area contributed by atoms with Crippen LogP contribution in [0.4, 0.5) is 8.78 Å². The highest BCUT2D eigenvalue weighted by Gasteiger charge is 2.56. The number of aryl methyl sites for hydroxylation is 1. The first-order valence-corrected chi connectivity index (χ1v) is 6.76. The molecule has 1 atom stereocenters. The predicted molar refractivity (Wildman–Crippen MR) is 66.8 cm³/mol. The van der Waals surface area contributed by atoms with Crippen LogP contribution < -0.4 is 0 Å². The summed E-state index contributed by atoms with van der Waals surface area (Å²) in [7, 11) is 1.74. The predicted octanol–water partition coefficient (Wildman–Crippen LogP) is 1.52. The third-order valence-electron chi connectivity index (χ3n) is 4.27. The normalized spacial score (nSPS) is 24.4. The van der Waals surface area contributed by atoms with Gasteiger partial charge in [0.2, 0.25) is 0 Å². The number of hydrogen-bond donors (Lipinski definition) is 1. The average molecular weight is 285 g/mol. The number of alkyl halides is 2. The van der Waals surface area contributed by atoms with Crippen molar-refractivity contribution < 1.29 is 18.7 Å². The third kappa shape index (κ3) is 2.30. The summed E-state index contributed by atoms with van der Waals surface area (Å²) in [6, 6.07) is 0. The number of aromatic nitrogens is 2. The summed E-state index contributed by atoms with van der Waals surface area (Å²) in [4.78, 5) is 13.2. The summed E-state index contributed by atoms with van der Waals surface area (Å²) in [5.41, 5.74) is 1.76. The van der Waals surface area contributed by atoms with Gasteiger partial charge in [0.15, 0.2) is 5.69 Å². The summed E-state index contributed by atoms with van der Waals surface area (Å²) in [6.07, 6.45) is 1.19. The zero-order chi connectivity index (χ0) is 14.5. The molecule has 5 nitrogen and oxygen atoms in total. The SMILES string of the molecule is Cn1nc(C(=O)O)c2c1CCN(CC[C@H]1CC1(F)F)C2. The Morgan fingerprint density at radius 1 is 1.55 bits per heavy atom. The topological polar surface area (TPSA) is 58.4 Å². The lowest BCUT2D eigenvalue weighted by Gasteiger charge is -2.27. The molecular formula is C13H17F2N3O2. The lowest BCUT2D eigenvalue weighted by atomic mass is 10.0. The van der Waals surface area contributed by atoms with Gasteiger partial charge in [-0.25, -0.2) is 13.6 Å².